The number of pyridine rings is 2. The normalized spacial score (nSPS) is 23.3. The lowest BCUT2D eigenvalue weighted by Gasteiger charge is -2.37. The summed E-state index contributed by atoms with van der Waals surface area (Å²) in [4.78, 5) is 17.7. The Morgan fingerprint density at radius 1 is 1.35 bits per heavy atom. The molecular weight excluding hydrogens is 332 g/mol. The van der Waals surface area contributed by atoms with Crippen LogP contribution in [0.25, 0.3) is 22.3 Å². The molecule has 2 aliphatic rings. The first-order valence-electron chi connectivity index (χ1n) is 8.73. The van der Waals surface area contributed by atoms with Crippen molar-refractivity contribution in [2.45, 2.75) is 31.6 Å². The van der Waals surface area contributed by atoms with Gasteiger partial charge in [-0.25, -0.2) is 4.98 Å². The minimum Gasteiger partial charge on any atom is -0.485 e. The summed E-state index contributed by atoms with van der Waals surface area (Å²) in [7, 11) is 0. The van der Waals surface area contributed by atoms with Crippen molar-refractivity contribution >= 4 is 10.9 Å². The van der Waals surface area contributed by atoms with E-state index in [1.54, 1.807) is 17.6 Å². The third kappa shape index (κ3) is 1.88. The highest BCUT2D eigenvalue weighted by atomic mass is 16.5. The van der Waals surface area contributed by atoms with Crippen LogP contribution >= 0.6 is 0 Å². The molecule has 1 aromatic carbocycles. The van der Waals surface area contributed by atoms with Crippen LogP contribution in [0.1, 0.15) is 24.5 Å². The smallest absolute Gasteiger partial charge is 0.294 e. The molecule has 0 unspecified atom stereocenters. The van der Waals surface area contributed by atoms with Gasteiger partial charge in [-0.05, 0) is 24.6 Å². The monoisotopic (exact) mass is 350 g/mol. The van der Waals surface area contributed by atoms with Gasteiger partial charge in [0.05, 0.1) is 23.4 Å². The largest absolute Gasteiger partial charge is 0.485 e. The Morgan fingerprint density at radius 2 is 2.15 bits per heavy atom. The summed E-state index contributed by atoms with van der Waals surface area (Å²) < 4.78 is 7.13. The summed E-state index contributed by atoms with van der Waals surface area (Å²) in [5, 5.41) is 22.3. The second-order valence-corrected chi connectivity index (χ2v) is 6.96. The van der Waals surface area contributed by atoms with Gasteiger partial charge in [-0.2, -0.15) is 0 Å². The molecule has 6 nitrogen and oxygen atoms in total. The van der Waals surface area contributed by atoms with Crippen LogP contribution in [0.5, 0.6) is 5.75 Å². The molecule has 4 heterocycles. The second kappa shape index (κ2) is 5.16. The first-order valence-corrected chi connectivity index (χ1v) is 8.73. The van der Waals surface area contributed by atoms with Crippen LogP contribution in [0.3, 0.4) is 0 Å². The van der Waals surface area contributed by atoms with Gasteiger partial charge in [0.1, 0.15) is 18.3 Å². The molecule has 132 valence electrons. The molecular formula is C20H18N2O4. The Bertz CT molecular complexity index is 1120. The highest BCUT2D eigenvalue weighted by Gasteiger charge is 2.44. The molecule has 5 rings (SSSR count). The summed E-state index contributed by atoms with van der Waals surface area (Å²) in [6.07, 6.45) is -0.793. The van der Waals surface area contributed by atoms with Crippen LogP contribution in [-0.4, -0.2) is 32.5 Å². The van der Waals surface area contributed by atoms with Crippen LogP contribution in [0.2, 0.25) is 0 Å². The lowest BCUT2D eigenvalue weighted by atomic mass is 9.83. The molecule has 3 aromatic rings. The molecule has 0 aliphatic carbocycles. The van der Waals surface area contributed by atoms with Gasteiger partial charge in [0, 0.05) is 16.5 Å². The topological polar surface area (TPSA) is 84.6 Å². The van der Waals surface area contributed by atoms with Gasteiger partial charge < -0.3 is 14.9 Å². The van der Waals surface area contributed by atoms with E-state index in [9.17, 15) is 15.0 Å². The lowest BCUT2D eigenvalue weighted by molar-refractivity contribution is -0.113. The van der Waals surface area contributed by atoms with E-state index in [0.717, 1.165) is 22.2 Å². The van der Waals surface area contributed by atoms with E-state index in [1.165, 1.54) is 0 Å². The van der Waals surface area contributed by atoms with Gasteiger partial charge >= 0.3 is 0 Å². The first kappa shape index (κ1) is 15.5. The lowest BCUT2D eigenvalue weighted by Crippen LogP contribution is -2.48. The van der Waals surface area contributed by atoms with Crippen molar-refractivity contribution in [3.05, 3.63) is 57.9 Å². The zero-order chi connectivity index (χ0) is 18.1. The number of para-hydroxylation sites is 1. The van der Waals surface area contributed by atoms with E-state index >= 15 is 0 Å². The van der Waals surface area contributed by atoms with E-state index in [1.807, 2.05) is 30.3 Å². The zero-order valence-electron chi connectivity index (χ0n) is 14.3. The Hall–Kier alpha value is -2.70. The van der Waals surface area contributed by atoms with Crippen molar-refractivity contribution < 1.29 is 14.9 Å². The maximum atomic E-state index is 13.0. The average molecular weight is 350 g/mol. The number of aromatic nitrogens is 2. The SMILES string of the molecule is CC[C@@]1(O)c2cc3n(c(=O)c2OC[C@@H]1O)Cc1cc2ccccc2nc1-3. The number of aliphatic hydroxyl groups excluding tert-OH is 1. The van der Waals surface area contributed by atoms with E-state index in [-0.39, 0.29) is 24.3 Å². The Labute approximate surface area is 149 Å². The molecule has 2 atom stereocenters. The van der Waals surface area contributed by atoms with Crippen molar-refractivity contribution in [3.63, 3.8) is 0 Å². The van der Waals surface area contributed by atoms with Crippen molar-refractivity contribution in [1.82, 2.24) is 9.55 Å². The maximum absolute atomic E-state index is 13.0. The van der Waals surface area contributed by atoms with E-state index < -0.39 is 11.7 Å². The maximum Gasteiger partial charge on any atom is 0.294 e. The van der Waals surface area contributed by atoms with Crippen LogP contribution < -0.4 is 10.3 Å². The summed E-state index contributed by atoms with van der Waals surface area (Å²) >= 11 is 0. The molecule has 0 amide bonds. The summed E-state index contributed by atoms with van der Waals surface area (Å²) in [6, 6.07) is 11.6. The first-order chi connectivity index (χ1) is 12.5. The number of ether oxygens (including phenoxy) is 1. The van der Waals surface area contributed by atoms with Gasteiger partial charge in [0.15, 0.2) is 5.75 Å². The number of nitrogens with zero attached hydrogens (tertiary/aromatic N) is 2. The zero-order valence-corrected chi connectivity index (χ0v) is 14.3. The Balaban J connectivity index is 1.80. The standard InChI is InChI=1S/C20H18N2O4/c1-2-20(25)13-8-15-17-12(7-11-5-3-4-6-14(11)21-17)9-22(15)19(24)18(13)26-10-16(20)23/h3-8,16,23,25H,2,9-10H2,1H3/t16-,20+/m0/s1. The number of hydrogen-bond acceptors (Lipinski definition) is 5. The number of aliphatic hydroxyl groups is 2. The third-order valence-corrected chi connectivity index (χ3v) is 5.57. The van der Waals surface area contributed by atoms with Gasteiger partial charge in [-0.1, -0.05) is 25.1 Å². The van der Waals surface area contributed by atoms with Crippen LogP contribution in [0.15, 0.2) is 41.2 Å². The van der Waals surface area contributed by atoms with Crippen molar-refractivity contribution in [2.24, 2.45) is 0 Å². The molecule has 0 fully saturated rings. The van der Waals surface area contributed by atoms with E-state index in [0.29, 0.717) is 17.8 Å². The van der Waals surface area contributed by atoms with Crippen LogP contribution in [0, 0.1) is 0 Å². The van der Waals surface area contributed by atoms with Gasteiger partial charge in [0.2, 0.25) is 0 Å². The number of rotatable bonds is 1. The molecule has 6 heteroatoms. The van der Waals surface area contributed by atoms with Gasteiger partial charge in [0.25, 0.3) is 5.56 Å². The number of hydrogen-bond donors (Lipinski definition) is 2. The number of fused-ring (bicyclic) bond motifs is 5. The Kier molecular flexibility index (Phi) is 3.08. The Morgan fingerprint density at radius 3 is 2.96 bits per heavy atom. The molecule has 0 bridgehead atoms. The fourth-order valence-corrected chi connectivity index (χ4v) is 4.02. The molecule has 2 N–H and O–H groups in total. The molecule has 0 radical (unpaired) electrons. The highest BCUT2D eigenvalue weighted by molar-refractivity contribution is 5.84. The second-order valence-electron chi connectivity index (χ2n) is 6.96. The summed E-state index contributed by atoms with van der Waals surface area (Å²) in [5.41, 5.74) is 1.76. The van der Waals surface area contributed by atoms with E-state index in [2.05, 4.69) is 0 Å². The average Bonchev–Trinajstić information content (AvgIpc) is 3.01. The molecule has 2 aliphatic heterocycles. The minimum absolute atomic E-state index is 0.0962. The molecule has 0 spiro atoms. The molecule has 2 aromatic heterocycles. The number of benzene rings is 1. The van der Waals surface area contributed by atoms with Crippen LogP contribution in [-0.2, 0) is 12.1 Å². The van der Waals surface area contributed by atoms with E-state index in [4.69, 9.17) is 9.72 Å². The summed E-state index contributed by atoms with van der Waals surface area (Å²) in [5.74, 6) is 0.126. The predicted octanol–water partition coefficient (Wildman–Crippen LogP) is 1.78. The van der Waals surface area contributed by atoms with Crippen LogP contribution in [0.4, 0.5) is 0 Å². The predicted molar refractivity (Wildman–Crippen MR) is 96.2 cm³/mol. The molecule has 26 heavy (non-hydrogen) atoms. The highest BCUT2D eigenvalue weighted by Crippen LogP contribution is 2.41. The van der Waals surface area contributed by atoms with Crippen molar-refractivity contribution in [3.8, 4) is 17.1 Å². The van der Waals surface area contributed by atoms with Crippen molar-refractivity contribution in [1.29, 1.82) is 0 Å². The third-order valence-electron chi connectivity index (χ3n) is 5.57. The quantitative estimate of drug-likeness (QED) is 0.547. The fraction of sp³-hybridized carbons (Fsp3) is 0.300. The van der Waals surface area contributed by atoms with Gasteiger partial charge in [-0.3, -0.25) is 9.36 Å². The molecule has 0 saturated carbocycles. The van der Waals surface area contributed by atoms with Crippen molar-refractivity contribution in [2.75, 3.05) is 6.61 Å². The fourth-order valence-electron chi connectivity index (χ4n) is 4.02. The molecule has 0 saturated heterocycles. The minimum atomic E-state index is -1.50. The van der Waals surface area contributed by atoms with Gasteiger partial charge in [-0.15, -0.1) is 0 Å². The summed E-state index contributed by atoms with van der Waals surface area (Å²) in [6.45, 7) is 2.11.